The average Bonchev–Trinajstić information content (AvgIpc) is 2.83. The normalized spacial score (nSPS) is 23.0. The van der Waals surface area contributed by atoms with E-state index >= 15 is 0 Å². The van der Waals surface area contributed by atoms with Crippen molar-refractivity contribution < 1.29 is 9.66 Å². The Labute approximate surface area is 167 Å². The fourth-order valence-electron chi connectivity index (χ4n) is 3.27. The number of hydrogen-bond donors (Lipinski definition) is 1. The summed E-state index contributed by atoms with van der Waals surface area (Å²) in [6.45, 7) is 3.59. The van der Waals surface area contributed by atoms with E-state index in [2.05, 4.69) is 26.1 Å². The van der Waals surface area contributed by atoms with Crippen molar-refractivity contribution in [3.8, 4) is 5.75 Å². The Morgan fingerprint density at radius 3 is 2.56 bits per heavy atom. The van der Waals surface area contributed by atoms with E-state index in [1.807, 2.05) is 6.92 Å². The number of H-pyrrole nitrogens is 1. The van der Waals surface area contributed by atoms with Gasteiger partial charge in [0.1, 0.15) is 5.75 Å². The molecule has 6 nitrogen and oxygen atoms in total. The molecule has 2 aromatic rings. The summed E-state index contributed by atoms with van der Waals surface area (Å²) in [5, 5.41) is 19.0. The third kappa shape index (κ3) is 3.35. The number of benzene rings is 1. The van der Waals surface area contributed by atoms with Crippen molar-refractivity contribution in [2.24, 2.45) is 0 Å². The quantitative estimate of drug-likeness (QED) is 0.393. The number of fused-ring (bicyclic) bond motifs is 1. The van der Waals surface area contributed by atoms with Crippen LogP contribution < -0.4 is 4.74 Å². The van der Waals surface area contributed by atoms with Crippen molar-refractivity contribution in [2.45, 2.75) is 35.7 Å². The Kier molecular flexibility index (Phi) is 4.96. The summed E-state index contributed by atoms with van der Waals surface area (Å²) >= 11 is 21.5. The Hall–Kier alpha value is -1.02. The second-order valence-corrected chi connectivity index (χ2v) is 9.15. The Morgan fingerprint density at radius 1 is 1.36 bits per heavy atom. The number of aryl methyl sites for hydroxylation is 2. The van der Waals surface area contributed by atoms with Gasteiger partial charge >= 0.3 is 0 Å². The van der Waals surface area contributed by atoms with Crippen molar-refractivity contribution in [3.63, 3.8) is 0 Å². The van der Waals surface area contributed by atoms with Crippen molar-refractivity contribution in [3.05, 3.63) is 55.3 Å². The van der Waals surface area contributed by atoms with Crippen LogP contribution in [0.4, 0.5) is 0 Å². The predicted molar refractivity (Wildman–Crippen MR) is 99.5 cm³/mol. The molecular formula is C15H13BrCl3N3O3. The summed E-state index contributed by atoms with van der Waals surface area (Å²) in [4.78, 5) is 11.5. The van der Waals surface area contributed by atoms with E-state index < -0.39 is 26.8 Å². The van der Waals surface area contributed by atoms with Gasteiger partial charge in [-0.2, -0.15) is 5.10 Å². The highest BCUT2D eigenvalue weighted by atomic mass is 79.9. The molecule has 25 heavy (non-hydrogen) atoms. The maximum absolute atomic E-state index is 11.9. The van der Waals surface area contributed by atoms with Crippen LogP contribution in [0.2, 0.25) is 0 Å². The molecule has 0 saturated heterocycles. The van der Waals surface area contributed by atoms with Crippen molar-refractivity contribution >= 4 is 50.7 Å². The van der Waals surface area contributed by atoms with E-state index in [9.17, 15) is 10.1 Å². The van der Waals surface area contributed by atoms with Gasteiger partial charge in [0.15, 0.2) is 0 Å². The Morgan fingerprint density at radius 2 is 2.04 bits per heavy atom. The third-order valence-electron chi connectivity index (χ3n) is 4.27. The van der Waals surface area contributed by atoms with Crippen LogP contribution in [0.1, 0.15) is 28.4 Å². The first-order valence-electron chi connectivity index (χ1n) is 7.29. The maximum atomic E-state index is 11.9. The van der Waals surface area contributed by atoms with E-state index in [4.69, 9.17) is 39.5 Å². The zero-order valence-electron chi connectivity index (χ0n) is 13.1. The number of aromatic amines is 1. The molecule has 0 bridgehead atoms. The molecular weight excluding hydrogens is 456 g/mol. The van der Waals surface area contributed by atoms with Gasteiger partial charge in [-0.25, -0.2) is 0 Å². The summed E-state index contributed by atoms with van der Waals surface area (Å²) in [5.74, 6) is -0.224. The minimum absolute atomic E-state index is 0.447. The van der Waals surface area contributed by atoms with Crippen LogP contribution in [0.15, 0.2) is 22.7 Å². The minimum Gasteiger partial charge on any atom is -0.478 e. The number of hydrogen-bond acceptors (Lipinski definition) is 4. The monoisotopic (exact) mass is 467 g/mol. The summed E-state index contributed by atoms with van der Waals surface area (Å²) in [7, 11) is 0. The Bertz CT molecular complexity index is 818. The van der Waals surface area contributed by atoms with Gasteiger partial charge in [-0.05, 0) is 32.0 Å². The van der Waals surface area contributed by atoms with E-state index in [1.165, 1.54) is 0 Å². The van der Waals surface area contributed by atoms with Crippen molar-refractivity contribution in [2.75, 3.05) is 0 Å². The number of halogens is 4. The molecule has 1 aromatic carbocycles. The van der Waals surface area contributed by atoms with Crippen LogP contribution in [0.5, 0.6) is 5.75 Å². The van der Waals surface area contributed by atoms with Crippen LogP contribution >= 0.6 is 50.7 Å². The molecule has 0 spiro atoms. The second kappa shape index (κ2) is 6.61. The van der Waals surface area contributed by atoms with E-state index in [1.54, 1.807) is 25.1 Å². The molecule has 1 aromatic heterocycles. The first kappa shape index (κ1) is 18.8. The van der Waals surface area contributed by atoms with Gasteiger partial charge in [0.05, 0.1) is 11.6 Å². The van der Waals surface area contributed by atoms with Crippen molar-refractivity contribution in [1.29, 1.82) is 0 Å². The average molecular weight is 470 g/mol. The summed E-state index contributed by atoms with van der Waals surface area (Å²) < 4.78 is 4.55. The van der Waals surface area contributed by atoms with Gasteiger partial charge in [0.2, 0.25) is 9.90 Å². The van der Waals surface area contributed by atoms with Gasteiger partial charge in [-0.3, -0.25) is 15.2 Å². The SMILES string of the molecule is Cc1n[nH]c(C)c1[C@@H]1c2cc(Br)ccc2O[C@H](C(Cl)(Cl)Cl)[C@H]1[N+](=O)[O-]. The molecule has 0 aliphatic carbocycles. The van der Waals surface area contributed by atoms with Crippen LogP contribution in [0.25, 0.3) is 0 Å². The standard InChI is InChI=1S/C15H13BrCl3N3O3/c1-6-11(7(2)21-20-6)12-9-5-8(16)3-4-10(9)25-14(15(17,18)19)13(12)22(23)24/h3-5,12-14H,1-2H3,(H,20,21)/t12-,13-,14-/m0/s1. The molecule has 0 unspecified atom stereocenters. The third-order valence-corrected chi connectivity index (χ3v) is 5.41. The largest absolute Gasteiger partial charge is 0.478 e. The highest BCUT2D eigenvalue weighted by Gasteiger charge is 2.56. The van der Waals surface area contributed by atoms with Crippen LogP contribution in [0, 0.1) is 24.0 Å². The number of aromatic nitrogens is 2. The van der Waals surface area contributed by atoms with Gasteiger partial charge < -0.3 is 4.74 Å². The lowest BCUT2D eigenvalue weighted by Gasteiger charge is -2.37. The zero-order chi connectivity index (χ0) is 18.5. The van der Waals surface area contributed by atoms with E-state index in [-0.39, 0.29) is 0 Å². The number of rotatable bonds is 2. The predicted octanol–water partition coefficient (Wildman–Crippen LogP) is 4.70. The van der Waals surface area contributed by atoms with Crippen LogP contribution in [-0.4, -0.2) is 31.1 Å². The molecule has 3 rings (SSSR count). The molecule has 3 atom stereocenters. The zero-order valence-corrected chi connectivity index (χ0v) is 16.9. The highest BCUT2D eigenvalue weighted by molar-refractivity contribution is 9.10. The number of alkyl halides is 3. The first-order valence-corrected chi connectivity index (χ1v) is 9.21. The number of nitrogens with zero attached hydrogens (tertiary/aromatic N) is 2. The molecule has 10 heteroatoms. The molecule has 1 aliphatic heterocycles. The maximum Gasteiger partial charge on any atom is 0.264 e. The number of nitrogens with one attached hydrogen (secondary N) is 1. The molecule has 1 aliphatic rings. The topological polar surface area (TPSA) is 81.0 Å². The molecule has 1 N–H and O–H groups in total. The first-order chi connectivity index (χ1) is 11.6. The van der Waals surface area contributed by atoms with Crippen LogP contribution in [-0.2, 0) is 0 Å². The van der Waals surface area contributed by atoms with Crippen LogP contribution in [0.3, 0.4) is 0 Å². The molecule has 0 saturated carbocycles. The molecule has 2 heterocycles. The van der Waals surface area contributed by atoms with Gasteiger partial charge in [-0.15, -0.1) is 0 Å². The van der Waals surface area contributed by atoms with E-state index in [0.717, 1.165) is 10.2 Å². The van der Waals surface area contributed by atoms with Crippen molar-refractivity contribution in [1.82, 2.24) is 10.2 Å². The molecule has 0 radical (unpaired) electrons. The smallest absolute Gasteiger partial charge is 0.264 e. The molecule has 0 fully saturated rings. The molecule has 0 amide bonds. The lowest BCUT2D eigenvalue weighted by molar-refractivity contribution is -0.537. The summed E-state index contributed by atoms with van der Waals surface area (Å²) in [6.07, 6.45) is -1.25. The molecule has 134 valence electrons. The fraction of sp³-hybridized carbons (Fsp3) is 0.400. The fourth-order valence-corrected chi connectivity index (χ4v) is 4.17. The summed E-state index contributed by atoms with van der Waals surface area (Å²) in [5.41, 5.74) is 2.74. The Balaban J connectivity index is 2.30. The summed E-state index contributed by atoms with van der Waals surface area (Å²) in [6, 6.07) is 3.98. The number of nitro groups is 1. The van der Waals surface area contributed by atoms with Gasteiger partial charge in [0, 0.05) is 26.2 Å². The lowest BCUT2D eigenvalue weighted by Crippen LogP contribution is -2.52. The van der Waals surface area contributed by atoms with E-state index in [0.29, 0.717) is 22.6 Å². The van der Waals surface area contributed by atoms with Gasteiger partial charge in [-0.1, -0.05) is 50.7 Å². The minimum atomic E-state index is -1.97. The lowest BCUT2D eigenvalue weighted by atomic mass is 9.79. The second-order valence-electron chi connectivity index (χ2n) is 5.86. The number of ether oxygens (including phenoxy) is 1. The highest BCUT2D eigenvalue weighted by Crippen LogP contribution is 2.49. The van der Waals surface area contributed by atoms with Gasteiger partial charge in [0.25, 0.3) is 6.04 Å².